The molecule has 0 aliphatic heterocycles. The van der Waals surface area contributed by atoms with Crippen LogP contribution in [0, 0.1) is 12.8 Å². The van der Waals surface area contributed by atoms with Gasteiger partial charge in [-0.15, -0.1) is 0 Å². The normalized spacial score (nSPS) is 11.9. The number of aromatic nitrogens is 2. The van der Waals surface area contributed by atoms with Gasteiger partial charge >= 0.3 is 0 Å². The van der Waals surface area contributed by atoms with Crippen LogP contribution in [0.5, 0.6) is 11.5 Å². The average molecular weight is 358 g/mol. The predicted molar refractivity (Wildman–Crippen MR) is 101 cm³/mol. The molecule has 1 aromatic carbocycles. The fourth-order valence-electron chi connectivity index (χ4n) is 2.83. The zero-order chi connectivity index (χ0) is 19.3. The van der Waals surface area contributed by atoms with Gasteiger partial charge in [-0.2, -0.15) is 9.78 Å². The molecule has 0 saturated carbocycles. The topological polar surface area (TPSA) is 70.4 Å². The molecule has 1 unspecified atom stereocenters. The Kier molecular flexibility index (Phi) is 6.55. The fourth-order valence-corrected chi connectivity index (χ4v) is 2.83. The van der Waals surface area contributed by atoms with Gasteiger partial charge < -0.3 is 9.47 Å². The fraction of sp³-hybridized carbons (Fsp3) is 0.450. The van der Waals surface area contributed by atoms with Crippen LogP contribution in [0.15, 0.2) is 29.1 Å². The summed E-state index contributed by atoms with van der Waals surface area (Å²) in [5, 5.41) is 4.29. The van der Waals surface area contributed by atoms with Gasteiger partial charge in [0.2, 0.25) is 0 Å². The molecule has 0 bridgehead atoms. The Morgan fingerprint density at radius 1 is 1.19 bits per heavy atom. The number of hydrogen-bond acceptors (Lipinski definition) is 5. The molecule has 140 valence electrons. The first-order valence-electron chi connectivity index (χ1n) is 8.80. The van der Waals surface area contributed by atoms with Gasteiger partial charge in [0, 0.05) is 12.0 Å². The number of aryl methyl sites for hydroxylation is 1. The standard InChI is InChI=1S/C20H26N2O4/c1-6-7-8-13(2)19(23)16-11-14(3)21-22(20(16)24)15-9-10-17(25-4)18(12-15)26-5/h9-13H,6-8H2,1-5H3. The number of methoxy groups -OCH3 is 2. The molecule has 2 aromatic rings. The van der Waals surface area contributed by atoms with Crippen LogP contribution in [-0.4, -0.2) is 29.8 Å². The van der Waals surface area contributed by atoms with E-state index in [-0.39, 0.29) is 17.3 Å². The molecule has 0 amide bonds. The van der Waals surface area contributed by atoms with E-state index < -0.39 is 5.56 Å². The number of ether oxygens (including phenoxy) is 2. The van der Waals surface area contributed by atoms with E-state index in [9.17, 15) is 9.59 Å². The van der Waals surface area contributed by atoms with E-state index in [0.717, 1.165) is 19.3 Å². The highest BCUT2D eigenvalue weighted by atomic mass is 16.5. The summed E-state index contributed by atoms with van der Waals surface area (Å²) in [6.07, 6.45) is 2.75. The lowest BCUT2D eigenvalue weighted by atomic mass is 9.95. The minimum atomic E-state index is -0.420. The van der Waals surface area contributed by atoms with E-state index in [1.54, 1.807) is 38.3 Å². The Hall–Kier alpha value is -2.63. The van der Waals surface area contributed by atoms with Crippen molar-refractivity contribution in [3.8, 4) is 17.2 Å². The Morgan fingerprint density at radius 3 is 2.50 bits per heavy atom. The van der Waals surface area contributed by atoms with Gasteiger partial charge in [-0.25, -0.2) is 0 Å². The SMILES string of the molecule is CCCCC(C)C(=O)c1cc(C)nn(-c2ccc(OC)c(OC)c2)c1=O. The minimum absolute atomic E-state index is 0.136. The summed E-state index contributed by atoms with van der Waals surface area (Å²) in [6, 6.07) is 6.66. The Labute approximate surface area is 153 Å². The summed E-state index contributed by atoms with van der Waals surface area (Å²) < 4.78 is 11.8. The van der Waals surface area contributed by atoms with Gasteiger partial charge in [0.15, 0.2) is 17.3 Å². The maximum atomic E-state index is 12.9. The van der Waals surface area contributed by atoms with Gasteiger partial charge in [-0.05, 0) is 31.5 Å². The molecule has 0 spiro atoms. The lowest BCUT2D eigenvalue weighted by Gasteiger charge is -2.13. The van der Waals surface area contributed by atoms with Crippen LogP contribution in [0.1, 0.15) is 49.2 Å². The first kappa shape index (κ1) is 19.7. The quantitative estimate of drug-likeness (QED) is 0.675. The summed E-state index contributed by atoms with van der Waals surface area (Å²) in [6.45, 7) is 5.72. The second-order valence-corrected chi connectivity index (χ2v) is 6.36. The number of unbranched alkanes of at least 4 members (excludes halogenated alkanes) is 1. The molecular formula is C20H26N2O4. The lowest BCUT2D eigenvalue weighted by molar-refractivity contribution is 0.0920. The monoisotopic (exact) mass is 358 g/mol. The molecule has 0 N–H and O–H groups in total. The molecule has 1 atom stereocenters. The van der Waals surface area contributed by atoms with Crippen molar-refractivity contribution >= 4 is 5.78 Å². The largest absolute Gasteiger partial charge is 0.493 e. The Balaban J connectivity index is 2.50. The van der Waals surface area contributed by atoms with Gasteiger partial charge in [-0.3, -0.25) is 9.59 Å². The number of rotatable bonds is 8. The van der Waals surface area contributed by atoms with E-state index >= 15 is 0 Å². The molecule has 2 rings (SSSR count). The summed E-state index contributed by atoms with van der Waals surface area (Å²) in [5.74, 6) is 0.720. The van der Waals surface area contributed by atoms with E-state index in [2.05, 4.69) is 12.0 Å². The van der Waals surface area contributed by atoms with Crippen LogP contribution in [0.25, 0.3) is 5.69 Å². The highest BCUT2D eigenvalue weighted by Gasteiger charge is 2.21. The van der Waals surface area contributed by atoms with Gasteiger partial charge in [0.25, 0.3) is 5.56 Å². The summed E-state index contributed by atoms with van der Waals surface area (Å²) >= 11 is 0. The molecule has 6 nitrogen and oxygen atoms in total. The van der Waals surface area contributed by atoms with Crippen molar-refractivity contribution in [2.75, 3.05) is 14.2 Å². The third-order valence-corrected chi connectivity index (χ3v) is 4.35. The second-order valence-electron chi connectivity index (χ2n) is 6.36. The van der Waals surface area contributed by atoms with Gasteiger partial charge in [0.1, 0.15) is 0 Å². The van der Waals surface area contributed by atoms with Crippen molar-refractivity contribution in [2.45, 2.75) is 40.0 Å². The molecular weight excluding hydrogens is 332 g/mol. The number of benzene rings is 1. The van der Waals surface area contributed by atoms with E-state index in [0.29, 0.717) is 22.9 Å². The highest BCUT2D eigenvalue weighted by molar-refractivity contribution is 5.97. The zero-order valence-corrected chi connectivity index (χ0v) is 16.0. The predicted octanol–water partition coefficient (Wildman–Crippen LogP) is 3.57. The second kappa shape index (κ2) is 8.65. The van der Waals surface area contributed by atoms with E-state index in [1.165, 1.54) is 11.8 Å². The zero-order valence-electron chi connectivity index (χ0n) is 16.0. The smallest absolute Gasteiger partial charge is 0.282 e. The van der Waals surface area contributed by atoms with E-state index in [4.69, 9.17) is 9.47 Å². The number of nitrogens with zero attached hydrogens (tertiary/aromatic N) is 2. The molecule has 0 aliphatic rings. The van der Waals surface area contributed by atoms with Crippen molar-refractivity contribution in [3.63, 3.8) is 0 Å². The van der Waals surface area contributed by atoms with Crippen LogP contribution in [-0.2, 0) is 0 Å². The third kappa shape index (κ3) is 4.12. The van der Waals surface area contributed by atoms with Gasteiger partial charge in [-0.1, -0.05) is 26.7 Å². The van der Waals surface area contributed by atoms with Crippen molar-refractivity contribution in [1.82, 2.24) is 9.78 Å². The molecule has 1 aromatic heterocycles. The van der Waals surface area contributed by atoms with Crippen LogP contribution < -0.4 is 15.0 Å². The van der Waals surface area contributed by atoms with Gasteiger partial charge in [0.05, 0.1) is 31.2 Å². The molecule has 0 radical (unpaired) electrons. The van der Waals surface area contributed by atoms with Crippen molar-refractivity contribution < 1.29 is 14.3 Å². The number of carbonyl (C=O) groups excluding carboxylic acids is 1. The van der Waals surface area contributed by atoms with Crippen molar-refractivity contribution in [3.05, 3.63) is 45.9 Å². The minimum Gasteiger partial charge on any atom is -0.493 e. The maximum absolute atomic E-state index is 12.9. The first-order valence-corrected chi connectivity index (χ1v) is 8.80. The summed E-state index contributed by atoms with van der Waals surface area (Å²) in [4.78, 5) is 25.6. The van der Waals surface area contributed by atoms with Crippen LogP contribution in [0.2, 0.25) is 0 Å². The molecule has 6 heteroatoms. The number of hydrogen-bond donors (Lipinski definition) is 0. The number of carbonyl (C=O) groups is 1. The Morgan fingerprint density at radius 2 is 1.88 bits per heavy atom. The number of Topliss-reactive ketones (excluding diaryl/α,β-unsaturated/α-hetero) is 1. The number of ketones is 1. The average Bonchev–Trinajstić information content (AvgIpc) is 2.66. The molecule has 0 fully saturated rings. The molecule has 0 aliphatic carbocycles. The Bertz CT molecular complexity index is 842. The van der Waals surface area contributed by atoms with Crippen LogP contribution in [0.3, 0.4) is 0 Å². The first-order chi connectivity index (χ1) is 12.4. The molecule has 1 heterocycles. The summed E-state index contributed by atoms with van der Waals surface area (Å²) in [5.41, 5.74) is 0.879. The van der Waals surface area contributed by atoms with E-state index in [1.807, 2.05) is 6.92 Å². The molecule has 0 saturated heterocycles. The maximum Gasteiger partial charge on any atom is 0.282 e. The highest BCUT2D eigenvalue weighted by Crippen LogP contribution is 2.28. The van der Waals surface area contributed by atoms with Crippen LogP contribution >= 0.6 is 0 Å². The van der Waals surface area contributed by atoms with Crippen molar-refractivity contribution in [2.24, 2.45) is 5.92 Å². The lowest BCUT2D eigenvalue weighted by Crippen LogP contribution is -2.30. The third-order valence-electron chi connectivity index (χ3n) is 4.35. The summed E-state index contributed by atoms with van der Waals surface area (Å²) in [7, 11) is 3.07. The molecule has 26 heavy (non-hydrogen) atoms. The van der Waals surface area contributed by atoms with Crippen LogP contribution in [0.4, 0.5) is 0 Å². The van der Waals surface area contributed by atoms with Crippen molar-refractivity contribution in [1.29, 1.82) is 0 Å².